The van der Waals surface area contributed by atoms with Gasteiger partial charge in [0, 0.05) is 12.1 Å². The highest BCUT2D eigenvalue weighted by Gasteiger charge is 2.25. The molecule has 0 saturated heterocycles. The molecule has 1 aromatic carbocycles. The van der Waals surface area contributed by atoms with Gasteiger partial charge in [0.05, 0.1) is 54.3 Å². The van der Waals surface area contributed by atoms with E-state index in [-0.39, 0.29) is 10.9 Å². The number of carbonyl (C=O) groups is 1. The Kier molecular flexibility index (Phi) is 5.68. The third-order valence-corrected chi connectivity index (χ3v) is 5.96. The number of fused-ring (bicyclic) bond motifs is 1. The summed E-state index contributed by atoms with van der Waals surface area (Å²) in [5.74, 6) is 0.421. The Morgan fingerprint density at radius 1 is 1.30 bits per heavy atom. The minimum absolute atomic E-state index is 0.0504. The summed E-state index contributed by atoms with van der Waals surface area (Å²) < 4.78 is 6.17. The van der Waals surface area contributed by atoms with Crippen molar-refractivity contribution in [2.45, 2.75) is 0 Å². The molecule has 0 fully saturated rings. The molecule has 0 bridgehead atoms. The quantitative estimate of drug-likeness (QED) is 0.478. The number of nitrogens with zero attached hydrogens (tertiary/aromatic N) is 3. The van der Waals surface area contributed by atoms with Gasteiger partial charge in [0.1, 0.15) is 5.75 Å². The highest BCUT2D eigenvalue weighted by atomic mass is 32.1. The van der Waals surface area contributed by atoms with Gasteiger partial charge in [-0.1, -0.05) is 22.7 Å². The van der Waals surface area contributed by atoms with Crippen LogP contribution in [0, 0.1) is 10.1 Å². The van der Waals surface area contributed by atoms with Crippen molar-refractivity contribution in [2.75, 3.05) is 39.2 Å². The second-order valence-corrected chi connectivity index (χ2v) is 8.21. The molecule has 0 aliphatic carbocycles. The number of hydrogen-bond acceptors (Lipinski definition) is 7. The number of nitrogens with one attached hydrogen (secondary N) is 1. The fourth-order valence-corrected chi connectivity index (χ4v) is 4.17. The molecule has 0 spiro atoms. The first kappa shape index (κ1) is 19.2. The molecule has 8 nitrogen and oxygen atoms in total. The second-order valence-electron chi connectivity index (χ2n) is 6.14. The molecule has 142 valence electrons. The van der Waals surface area contributed by atoms with Crippen LogP contribution in [-0.2, 0) is 0 Å². The van der Waals surface area contributed by atoms with Crippen LogP contribution in [0.1, 0.15) is 9.67 Å². The van der Waals surface area contributed by atoms with Crippen LogP contribution in [0.15, 0.2) is 30.3 Å². The summed E-state index contributed by atoms with van der Waals surface area (Å²) in [5, 5.41) is 11.5. The van der Waals surface area contributed by atoms with Gasteiger partial charge >= 0.3 is 5.00 Å². The van der Waals surface area contributed by atoms with E-state index in [0.29, 0.717) is 22.3 Å². The Morgan fingerprint density at radius 2 is 2.07 bits per heavy atom. The first-order valence-electron chi connectivity index (χ1n) is 8.18. The molecular formula is C17H19N4O4S2+. The molecule has 0 unspecified atom stereocenters. The van der Waals surface area contributed by atoms with Gasteiger partial charge in [-0.2, -0.15) is 0 Å². The molecule has 0 aliphatic rings. The SMILES string of the molecule is COc1ccc2sc(N(CC[NH+](C)C)C(=O)c3ccc([N+](=O)[O-])s3)nc2c1. The number of amides is 1. The summed E-state index contributed by atoms with van der Waals surface area (Å²) in [6.07, 6.45) is 0. The molecule has 2 heterocycles. The van der Waals surface area contributed by atoms with Gasteiger partial charge in [0.2, 0.25) is 0 Å². The monoisotopic (exact) mass is 407 g/mol. The maximum Gasteiger partial charge on any atom is 0.324 e. The van der Waals surface area contributed by atoms with Gasteiger partial charge in [-0.15, -0.1) is 0 Å². The lowest BCUT2D eigenvalue weighted by Crippen LogP contribution is -3.06. The van der Waals surface area contributed by atoms with Crippen LogP contribution in [0.2, 0.25) is 0 Å². The van der Waals surface area contributed by atoms with Crippen LogP contribution in [0.25, 0.3) is 10.2 Å². The number of hydrogen-bond donors (Lipinski definition) is 1. The van der Waals surface area contributed by atoms with Crippen molar-refractivity contribution >= 4 is 48.9 Å². The van der Waals surface area contributed by atoms with E-state index in [9.17, 15) is 14.9 Å². The van der Waals surface area contributed by atoms with Crippen molar-refractivity contribution in [3.05, 3.63) is 45.3 Å². The van der Waals surface area contributed by atoms with Crippen molar-refractivity contribution in [3.63, 3.8) is 0 Å². The lowest BCUT2D eigenvalue weighted by atomic mass is 10.3. The highest BCUT2D eigenvalue weighted by molar-refractivity contribution is 7.22. The van der Waals surface area contributed by atoms with E-state index in [1.165, 1.54) is 28.4 Å². The van der Waals surface area contributed by atoms with Crippen molar-refractivity contribution in [1.29, 1.82) is 0 Å². The molecular weight excluding hydrogens is 388 g/mol. The van der Waals surface area contributed by atoms with E-state index in [0.717, 1.165) is 28.1 Å². The Labute approximate surface area is 163 Å². The van der Waals surface area contributed by atoms with Crippen LogP contribution in [0.5, 0.6) is 5.75 Å². The smallest absolute Gasteiger partial charge is 0.324 e. The van der Waals surface area contributed by atoms with E-state index in [1.54, 1.807) is 12.0 Å². The largest absolute Gasteiger partial charge is 0.497 e. The Hall–Kier alpha value is -2.56. The van der Waals surface area contributed by atoms with Gasteiger partial charge < -0.3 is 9.64 Å². The number of aromatic nitrogens is 1. The maximum absolute atomic E-state index is 13.0. The number of rotatable bonds is 7. The Morgan fingerprint density at radius 3 is 2.70 bits per heavy atom. The summed E-state index contributed by atoms with van der Waals surface area (Å²) in [4.78, 5) is 31.2. The molecule has 3 rings (SSSR count). The van der Waals surface area contributed by atoms with E-state index in [4.69, 9.17) is 4.74 Å². The standard InChI is InChI=1S/C17H18N4O4S2/c1-19(2)8-9-20(16(22)14-6-7-15(26-14)21(23)24)17-18-12-10-11(25-3)4-5-13(12)27-17/h4-7,10H,8-9H2,1-3H3/p+1. The minimum Gasteiger partial charge on any atom is -0.497 e. The zero-order valence-corrected chi connectivity index (χ0v) is 16.7. The van der Waals surface area contributed by atoms with Crippen LogP contribution < -0.4 is 14.5 Å². The number of nitro groups is 1. The van der Waals surface area contributed by atoms with E-state index in [2.05, 4.69) is 4.98 Å². The lowest BCUT2D eigenvalue weighted by Gasteiger charge is -2.19. The maximum atomic E-state index is 13.0. The molecule has 1 amide bonds. The van der Waals surface area contributed by atoms with E-state index >= 15 is 0 Å². The van der Waals surface area contributed by atoms with Crippen LogP contribution in [-0.4, -0.2) is 50.1 Å². The molecule has 0 radical (unpaired) electrons. The van der Waals surface area contributed by atoms with Crippen LogP contribution in [0.4, 0.5) is 10.1 Å². The predicted octanol–water partition coefficient (Wildman–Crippen LogP) is 2.07. The van der Waals surface area contributed by atoms with Gasteiger partial charge in [-0.3, -0.25) is 19.8 Å². The number of benzene rings is 1. The first-order valence-corrected chi connectivity index (χ1v) is 9.82. The number of ether oxygens (including phenoxy) is 1. The number of likely N-dealkylation sites (N-methyl/N-ethyl adjacent to an activating group) is 1. The highest BCUT2D eigenvalue weighted by Crippen LogP contribution is 2.33. The van der Waals surface area contributed by atoms with E-state index in [1.807, 2.05) is 32.3 Å². The molecule has 2 aromatic heterocycles. The summed E-state index contributed by atoms with van der Waals surface area (Å²) in [5.41, 5.74) is 0.751. The zero-order valence-electron chi connectivity index (χ0n) is 15.1. The molecule has 0 atom stereocenters. The molecule has 1 N–H and O–H groups in total. The zero-order chi connectivity index (χ0) is 19.6. The first-order chi connectivity index (χ1) is 12.9. The normalized spacial score (nSPS) is 11.1. The van der Waals surface area contributed by atoms with Crippen LogP contribution in [0.3, 0.4) is 0 Å². The Bertz CT molecular complexity index is 982. The van der Waals surface area contributed by atoms with Crippen molar-refractivity contribution in [2.24, 2.45) is 0 Å². The number of anilines is 1. The summed E-state index contributed by atoms with van der Waals surface area (Å²) in [6, 6.07) is 8.44. The molecule has 3 aromatic rings. The number of thiazole rings is 1. The van der Waals surface area contributed by atoms with Crippen LogP contribution >= 0.6 is 22.7 Å². The number of quaternary nitrogens is 1. The molecule has 0 saturated carbocycles. The third-order valence-electron chi connectivity index (χ3n) is 3.88. The van der Waals surface area contributed by atoms with Gasteiger partial charge in [0.15, 0.2) is 5.13 Å². The number of methoxy groups -OCH3 is 1. The number of carbonyl (C=O) groups excluding carboxylic acids is 1. The second kappa shape index (κ2) is 7.99. The average Bonchev–Trinajstić information content (AvgIpc) is 3.27. The van der Waals surface area contributed by atoms with Crippen molar-refractivity contribution in [1.82, 2.24) is 4.98 Å². The summed E-state index contributed by atoms with van der Waals surface area (Å²) >= 11 is 2.29. The fourth-order valence-electron chi connectivity index (χ4n) is 2.43. The summed E-state index contributed by atoms with van der Waals surface area (Å²) in [6.45, 7) is 1.18. The van der Waals surface area contributed by atoms with Gasteiger partial charge in [0.25, 0.3) is 5.91 Å². The predicted molar refractivity (Wildman–Crippen MR) is 106 cm³/mol. The van der Waals surface area contributed by atoms with Crippen molar-refractivity contribution < 1.29 is 19.4 Å². The number of thiophene rings is 1. The minimum atomic E-state index is -0.486. The molecule has 0 aliphatic heterocycles. The van der Waals surface area contributed by atoms with Gasteiger partial charge in [-0.05, 0) is 18.2 Å². The van der Waals surface area contributed by atoms with E-state index < -0.39 is 4.92 Å². The lowest BCUT2D eigenvalue weighted by molar-refractivity contribution is -0.856. The molecule has 27 heavy (non-hydrogen) atoms. The topological polar surface area (TPSA) is 90.0 Å². The average molecular weight is 407 g/mol. The Balaban J connectivity index is 1.96. The fraction of sp³-hybridized carbons (Fsp3) is 0.294. The third kappa shape index (κ3) is 4.24. The van der Waals surface area contributed by atoms with Gasteiger partial charge in [-0.25, -0.2) is 4.98 Å². The molecule has 10 heteroatoms. The summed E-state index contributed by atoms with van der Waals surface area (Å²) in [7, 11) is 5.59. The van der Waals surface area contributed by atoms with Crippen molar-refractivity contribution in [3.8, 4) is 5.75 Å².